The van der Waals surface area contributed by atoms with Crippen LogP contribution in [0.3, 0.4) is 0 Å². The van der Waals surface area contributed by atoms with E-state index in [9.17, 15) is 19.5 Å². The molecule has 2 fully saturated rings. The Kier molecular flexibility index (Phi) is 6.75. The third kappa shape index (κ3) is 5.04. The van der Waals surface area contributed by atoms with Crippen LogP contribution < -0.4 is 10.6 Å². The first-order valence-electron chi connectivity index (χ1n) is 12.6. The van der Waals surface area contributed by atoms with E-state index in [2.05, 4.69) is 34.9 Å². The molecule has 3 aliphatic rings. The summed E-state index contributed by atoms with van der Waals surface area (Å²) in [7, 11) is 0. The Morgan fingerprint density at radius 3 is 2.11 bits per heavy atom. The molecule has 0 radical (unpaired) electrons. The number of hydrogen-bond acceptors (Lipinski definition) is 4. The first-order valence-corrected chi connectivity index (χ1v) is 12.6. The monoisotopic (exact) mass is 476 g/mol. The van der Waals surface area contributed by atoms with Gasteiger partial charge in [0, 0.05) is 23.9 Å². The van der Waals surface area contributed by atoms with Gasteiger partial charge in [0.2, 0.25) is 5.91 Å². The number of ether oxygens (including phenoxy) is 1. The largest absolute Gasteiger partial charge is 0.481 e. The summed E-state index contributed by atoms with van der Waals surface area (Å²) in [6, 6.07) is 16.3. The molecular formula is C28H32N2O5. The van der Waals surface area contributed by atoms with Crippen LogP contribution in [-0.4, -0.2) is 41.8 Å². The summed E-state index contributed by atoms with van der Waals surface area (Å²) in [5, 5.41) is 15.3. The van der Waals surface area contributed by atoms with Crippen molar-refractivity contribution in [3.05, 3.63) is 59.7 Å². The number of aliphatic carboxylic acids is 1. The van der Waals surface area contributed by atoms with Crippen LogP contribution in [0.25, 0.3) is 11.1 Å². The van der Waals surface area contributed by atoms with E-state index in [4.69, 9.17) is 4.74 Å². The highest BCUT2D eigenvalue weighted by molar-refractivity contribution is 5.80. The first-order chi connectivity index (χ1) is 17.0. The fourth-order valence-electron chi connectivity index (χ4n) is 6.02. The smallest absolute Gasteiger partial charge is 0.407 e. The Balaban J connectivity index is 1.10. The van der Waals surface area contributed by atoms with Crippen LogP contribution in [0.1, 0.15) is 62.0 Å². The molecule has 2 saturated carbocycles. The van der Waals surface area contributed by atoms with E-state index in [0.717, 1.165) is 19.3 Å². The zero-order chi connectivity index (χ0) is 24.4. The number of carboxylic acids is 1. The number of rotatable bonds is 6. The minimum atomic E-state index is -0.780. The molecule has 0 aliphatic heterocycles. The van der Waals surface area contributed by atoms with Crippen LogP contribution in [0.15, 0.2) is 48.5 Å². The van der Waals surface area contributed by atoms with Crippen molar-refractivity contribution in [2.75, 3.05) is 6.61 Å². The molecule has 2 amide bonds. The van der Waals surface area contributed by atoms with Gasteiger partial charge in [0.15, 0.2) is 0 Å². The SMILES string of the molecule is O=C(NC1CCC(C(=O)NC2CCCC(C(=O)O)C2)C1)OCC1c2ccccc2-c2ccccc21. The number of alkyl carbamates (subject to hydrolysis) is 1. The maximum Gasteiger partial charge on any atom is 0.407 e. The molecule has 0 saturated heterocycles. The van der Waals surface area contributed by atoms with E-state index >= 15 is 0 Å². The Morgan fingerprint density at radius 2 is 1.43 bits per heavy atom. The highest BCUT2D eigenvalue weighted by Crippen LogP contribution is 2.44. The van der Waals surface area contributed by atoms with Crippen molar-refractivity contribution in [1.82, 2.24) is 10.6 Å². The highest BCUT2D eigenvalue weighted by atomic mass is 16.5. The van der Waals surface area contributed by atoms with Gasteiger partial charge in [-0.05, 0) is 60.8 Å². The second kappa shape index (κ2) is 10.1. The summed E-state index contributed by atoms with van der Waals surface area (Å²) < 4.78 is 5.65. The third-order valence-corrected chi connectivity index (χ3v) is 7.84. The predicted molar refractivity (Wildman–Crippen MR) is 131 cm³/mol. The van der Waals surface area contributed by atoms with Crippen molar-refractivity contribution in [2.45, 2.75) is 62.9 Å². The fourth-order valence-corrected chi connectivity index (χ4v) is 6.02. The molecule has 4 atom stereocenters. The molecule has 184 valence electrons. The lowest BCUT2D eigenvalue weighted by Gasteiger charge is -2.28. The van der Waals surface area contributed by atoms with Crippen molar-refractivity contribution in [1.29, 1.82) is 0 Å². The van der Waals surface area contributed by atoms with Gasteiger partial charge in [-0.15, -0.1) is 0 Å². The van der Waals surface area contributed by atoms with Gasteiger partial charge in [0.05, 0.1) is 5.92 Å². The molecule has 35 heavy (non-hydrogen) atoms. The van der Waals surface area contributed by atoms with Crippen LogP contribution in [0, 0.1) is 11.8 Å². The zero-order valence-corrected chi connectivity index (χ0v) is 19.7. The first kappa shape index (κ1) is 23.4. The predicted octanol–water partition coefficient (Wildman–Crippen LogP) is 4.45. The molecule has 3 aliphatic carbocycles. The van der Waals surface area contributed by atoms with Crippen molar-refractivity contribution in [3.63, 3.8) is 0 Å². The number of amides is 2. The Labute approximate surface area is 205 Å². The van der Waals surface area contributed by atoms with Gasteiger partial charge in [-0.3, -0.25) is 9.59 Å². The summed E-state index contributed by atoms with van der Waals surface area (Å²) in [4.78, 5) is 36.6. The van der Waals surface area contributed by atoms with Crippen molar-refractivity contribution >= 4 is 18.0 Å². The van der Waals surface area contributed by atoms with Gasteiger partial charge >= 0.3 is 12.1 Å². The Morgan fingerprint density at radius 1 is 0.800 bits per heavy atom. The van der Waals surface area contributed by atoms with Gasteiger partial charge in [0.1, 0.15) is 6.61 Å². The van der Waals surface area contributed by atoms with Gasteiger partial charge in [-0.2, -0.15) is 0 Å². The van der Waals surface area contributed by atoms with Crippen LogP contribution in [0.2, 0.25) is 0 Å². The summed E-state index contributed by atoms with van der Waals surface area (Å²) in [5.41, 5.74) is 4.72. The van der Waals surface area contributed by atoms with E-state index in [1.165, 1.54) is 22.3 Å². The van der Waals surface area contributed by atoms with Crippen LogP contribution in [0.5, 0.6) is 0 Å². The second-order valence-electron chi connectivity index (χ2n) is 10.1. The van der Waals surface area contributed by atoms with Crippen molar-refractivity contribution in [3.8, 4) is 11.1 Å². The summed E-state index contributed by atoms with van der Waals surface area (Å²) >= 11 is 0. The molecule has 0 bridgehead atoms. The second-order valence-corrected chi connectivity index (χ2v) is 10.1. The fraction of sp³-hybridized carbons (Fsp3) is 0.464. The number of carboxylic acid groups (broad SMARTS) is 1. The molecule has 5 rings (SSSR count). The lowest BCUT2D eigenvalue weighted by Crippen LogP contribution is -2.42. The quantitative estimate of drug-likeness (QED) is 0.571. The number of hydrogen-bond donors (Lipinski definition) is 3. The standard InChI is InChI=1S/C28H32N2O5/c31-26(29-19-7-5-6-18(15-19)27(32)33)17-12-13-20(14-17)30-28(34)35-16-25-23-10-3-1-8-21(23)22-9-2-4-11-24(22)25/h1-4,8-11,17-20,25H,5-7,12-16H2,(H,29,31)(H,30,34)(H,32,33). The van der Waals surface area contributed by atoms with Crippen LogP contribution in [0.4, 0.5) is 4.79 Å². The number of benzene rings is 2. The topological polar surface area (TPSA) is 105 Å². The summed E-state index contributed by atoms with van der Waals surface area (Å²) in [5.74, 6) is -1.34. The van der Waals surface area contributed by atoms with E-state index in [1.54, 1.807) is 0 Å². The lowest BCUT2D eigenvalue weighted by molar-refractivity contribution is -0.143. The lowest BCUT2D eigenvalue weighted by atomic mass is 9.85. The molecule has 4 unspecified atom stereocenters. The molecule has 7 nitrogen and oxygen atoms in total. The number of carbonyl (C=O) groups excluding carboxylic acids is 2. The Bertz CT molecular complexity index is 1070. The van der Waals surface area contributed by atoms with Crippen LogP contribution >= 0.6 is 0 Å². The molecule has 0 heterocycles. The molecule has 3 N–H and O–H groups in total. The Hall–Kier alpha value is -3.35. The highest BCUT2D eigenvalue weighted by Gasteiger charge is 2.34. The average Bonchev–Trinajstić information content (AvgIpc) is 3.46. The molecule has 2 aromatic carbocycles. The van der Waals surface area contributed by atoms with Gasteiger partial charge in [-0.1, -0.05) is 55.0 Å². The average molecular weight is 477 g/mol. The van der Waals surface area contributed by atoms with Crippen molar-refractivity contribution < 1.29 is 24.2 Å². The minimum Gasteiger partial charge on any atom is -0.481 e. The molecule has 0 aromatic heterocycles. The molecule has 2 aromatic rings. The summed E-state index contributed by atoms with van der Waals surface area (Å²) in [6.07, 6.45) is 4.37. The van der Waals surface area contributed by atoms with Gasteiger partial charge in [0.25, 0.3) is 0 Å². The van der Waals surface area contributed by atoms with E-state index < -0.39 is 12.1 Å². The number of carbonyl (C=O) groups is 3. The molecule has 0 spiro atoms. The normalized spacial score (nSPS) is 25.4. The van der Waals surface area contributed by atoms with Gasteiger partial charge < -0.3 is 20.5 Å². The van der Waals surface area contributed by atoms with E-state index in [-0.39, 0.29) is 42.4 Å². The van der Waals surface area contributed by atoms with E-state index in [0.29, 0.717) is 25.7 Å². The van der Waals surface area contributed by atoms with Crippen molar-refractivity contribution in [2.24, 2.45) is 11.8 Å². The maximum absolute atomic E-state index is 12.8. The maximum atomic E-state index is 12.8. The van der Waals surface area contributed by atoms with Crippen LogP contribution in [-0.2, 0) is 14.3 Å². The number of fused-ring (bicyclic) bond motifs is 3. The molecular weight excluding hydrogens is 444 g/mol. The number of nitrogens with one attached hydrogen (secondary N) is 2. The van der Waals surface area contributed by atoms with E-state index in [1.807, 2.05) is 24.3 Å². The third-order valence-electron chi connectivity index (χ3n) is 7.84. The molecule has 7 heteroatoms. The van der Waals surface area contributed by atoms with Gasteiger partial charge in [-0.25, -0.2) is 4.79 Å². The minimum absolute atomic E-state index is 0.0142. The summed E-state index contributed by atoms with van der Waals surface area (Å²) in [6.45, 7) is 0.267. The zero-order valence-electron chi connectivity index (χ0n) is 19.7.